The summed E-state index contributed by atoms with van der Waals surface area (Å²) in [7, 11) is 0. The van der Waals surface area contributed by atoms with Crippen molar-refractivity contribution in [3.8, 4) is 0 Å². The molecule has 0 bridgehead atoms. The maximum Gasteiger partial charge on any atom is 0.0600 e. The van der Waals surface area contributed by atoms with Crippen LogP contribution in [0.15, 0.2) is 0 Å². The molecule has 142 valence electrons. The Morgan fingerprint density at radius 3 is 1.58 bits per heavy atom. The van der Waals surface area contributed by atoms with Crippen molar-refractivity contribution < 1.29 is 4.74 Å². The molecule has 2 aliphatic heterocycles. The summed E-state index contributed by atoms with van der Waals surface area (Å²) in [6, 6.07) is 0. The highest BCUT2D eigenvalue weighted by molar-refractivity contribution is 4.82. The molecule has 0 amide bonds. The molecule has 0 aromatic heterocycles. The minimum Gasteiger partial charge on any atom is -0.375 e. The second kappa shape index (κ2) is 8.45. The SMILES string of the molecule is CC(C)(C)OCCN1CCN(CN2CCN(C(C)(C)C)CC2)CC1. The molecule has 0 aromatic rings. The summed E-state index contributed by atoms with van der Waals surface area (Å²) in [5.74, 6) is 0. The Hall–Kier alpha value is -0.200. The van der Waals surface area contributed by atoms with Crippen LogP contribution in [0, 0.1) is 0 Å². The average molecular weight is 341 g/mol. The van der Waals surface area contributed by atoms with Gasteiger partial charge in [-0.2, -0.15) is 0 Å². The summed E-state index contributed by atoms with van der Waals surface area (Å²) >= 11 is 0. The summed E-state index contributed by atoms with van der Waals surface area (Å²) < 4.78 is 5.85. The van der Waals surface area contributed by atoms with Gasteiger partial charge in [0.1, 0.15) is 0 Å². The third-order valence-electron chi connectivity index (χ3n) is 5.13. The van der Waals surface area contributed by atoms with Gasteiger partial charge in [-0.15, -0.1) is 0 Å². The third-order valence-corrected chi connectivity index (χ3v) is 5.13. The molecule has 0 aromatic carbocycles. The van der Waals surface area contributed by atoms with Crippen LogP contribution in [0.5, 0.6) is 0 Å². The van der Waals surface area contributed by atoms with Crippen molar-refractivity contribution >= 4 is 0 Å². The molecule has 2 fully saturated rings. The van der Waals surface area contributed by atoms with Crippen LogP contribution in [0.2, 0.25) is 0 Å². The highest BCUT2D eigenvalue weighted by atomic mass is 16.5. The lowest BCUT2D eigenvalue weighted by atomic mass is 10.1. The second-order valence-electron chi connectivity index (χ2n) is 9.34. The minimum absolute atomic E-state index is 0.0168. The van der Waals surface area contributed by atoms with Gasteiger partial charge in [0.05, 0.1) is 18.9 Å². The monoisotopic (exact) mass is 340 g/mol. The first-order valence-corrected chi connectivity index (χ1v) is 9.69. The van der Waals surface area contributed by atoms with E-state index in [1.165, 1.54) is 52.4 Å². The number of nitrogens with zero attached hydrogens (tertiary/aromatic N) is 4. The third kappa shape index (κ3) is 6.96. The molecule has 2 saturated heterocycles. The summed E-state index contributed by atoms with van der Waals surface area (Å²) in [5, 5.41) is 0. The van der Waals surface area contributed by atoms with E-state index in [4.69, 9.17) is 4.74 Å². The fraction of sp³-hybridized carbons (Fsp3) is 1.00. The van der Waals surface area contributed by atoms with Crippen molar-refractivity contribution in [2.75, 3.05) is 72.2 Å². The number of rotatable bonds is 5. The fourth-order valence-electron chi connectivity index (χ4n) is 3.48. The van der Waals surface area contributed by atoms with Gasteiger partial charge in [-0.25, -0.2) is 0 Å². The van der Waals surface area contributed by atoms with Crippen LogP contribution in [-0.2, 0) is 4.74 Å². The Bertz CT molecular complexity index is 359. The quantitative estimate of drug-likeness (QED) is 0.759. The smallest absolute Gasteiger partial charge is 0.0600 e. The highest BCUT2D eigenvalue weighted by Crippen LogP contribution is 2.16. The first-order chi connectivity index (χ1) is 11.1. The van der Waals surface area contributed by atoms with Crippen LogP contribution in [0.1, 0.15) is 41.5 Å². The second-order valence-corrected chi connectivity index (χ2v) is 9.34. The van der Waals surface area contributed by atoms with Gasteiger partial charge in [0.25, 0.3) is 0 Å². The average Bonchev–Trinajstić information content (AvgIpc) is 2.47. The zero-order valence-corrected chi connectivity index (χ0v) is 17.0. The largest absolute Gasteiger partial charge is 0.375 e. The van der Waals surface area contributed by atoms with E-state index < -0.39 is 0 Å². The van der Waals surface area contributed by atoms with E-state index in [2.05, 4.69) is 61.1 Å². The molecule has 2 aliphatic rings. The van der Waals surface area contributed by atoms with Crippen molar-refractivity contribution in [3.05, 3.63) is 0 Å². The molecule has 2 rings (SSSR count). The van der Waals surface area contributed by atoms with Gasteiger partial charge in [0.2, 0.25) is 0 Å². The van der Waals surface area contributed by atoms with E-state index >= 15 is 0 Å². The molecule has 0 radical (unpaired) electrons. The first kappa shape index (κ1) is 20.1. The van der Waals surface area contributed by atoms with Gasteiger partial charge < -0.3 is 4.74 Å². The molecule has 0 atom stereocenters. The molecule has 5 heteroatoms. The normalized spacial score (nSPS) is 23.8. The zero-order valence-electron chi connectivity index (χ0n) is 17.0. The van der Waals surface area contributed by atoms with Gasteiger partial charge in [-0.3, -0.25) is 19.6 Å². The topological polar surface area (TPSA) is 22.2 Å². The number of ether oxygens (including phenoxy) is 1. The van der Waals surface area contributed by atoms with Crippen molar-refractivity contribution in [2.24, 2.45) is 0 Å². The fourth-order valence-corrected chi connectivity index (χ4v) is 3.48. The van der Waals surface area contributed by atoms with Crippen LogP contribution in [0.4, 0.5) is 0 Å². The molecule has 0 spiro atoms. The minimum atomic E-state index is -0.0168. The summed E-state index contributed by atoms with van der Waals surface area (Å²) in [6.07, 6.45) is 0. The molecule has 5 nitrogen and oxygen atoms in total. The van der Waals surface area contributed by atoms with Gasteiger partial charge in [-0.1, -0.05) is 0 Å². The van der Waals surface area contributed by atoms with Crippen LogP contribution < -0.4 is 0 Å². The first-order valence-electron chi connectivity index (χ1n) is 9.69. The lowest BCUT2D eigenvalue weighted by Crippen LogP contribution is -2.57. The van der Waals surface area contributed by atoms with Crippen LogP contribution in [0.25, 0.3) is 0 Å². The van der Waals surface area contributed by atoms with E-state index in [1.54, 1.807) is 0 Å². The maximum absolute atomic E-state index is 5.85. The van der Waals surface area contributed by atoms with E-state index in [-0.39, 0.29) is 5.60 Å². The molecule has 0 unspecified atom stereocenters. The standard InChI is InChI=1S/C19H40N4O/c1-18(2,3)23-13-11-22(12-14-23)17-21-9-7-20(8-10-21)15-16-24-19(4,5)6/h7-17H2,1-6H3. The van der Waals surface area contributed by atoms with Crippen LogP contribution in [-0.4, -0.2) is 103 Å². The molecule has 0 aliphatic carbocycles. The molecule has 2 heterocycles. The molecule has 0 saturated carbocycles. The zero-order chi connectivity index (χ0) is 17.8. The maximum atomic E-state index is 5.85. The van der Waals surface area contributed by atoms with E-state index in [1.807, 2.05) is 0 Å². The Morgan fingerprint density at radius 2 is 1.12 bits per heavy atom. The lowest BCUT2D eigenvalue weighted by molar-refractivity contribution is -0.0224. The summed E-state index contributed by atoms with van der Waals surface area (Å²) in [5.41, 5.74) is 0.295. The van der Waals surface area contributed by atoms with Crippen molar-refractivity contribution in [1.29, 1.82) is 0 Å². The predicted molar refractivity (Wildman–Crippen MR) is 101 cm³/mol. The van der Waals surface area contributed by atoms with Crippen molar-refractivity contribution in [2.45, 2.75) is 52.7 Å². The number of piperazine rings is 2. The number of hydrogen-bond acceptors (Lipinski definition) is 5. The Kier molecular flexibility index (Phi) is 7.09. The number of hydrogen-bond donors (Lipinski definition) is 0. The van der Waals surface area contributed by atoms with Crippen LogP contribution >= 0.6 is 0 Å². The van der Waals surface area contributed by atoms with E-state index in [9.17, 15) is 0 Å². The van der Waals surface area contributed by atoms with Gasteiger partial charge in [0, 0.05) is 64.4 Å². The lowest BCUT2D eigenvalue weighted by Gasteiger charge is -2.44. The van der Waals surface area contributed by atoms with Crippen molar-refractivity contribution in [1.82, 2.24) is 19.6 Å². The Labute approximate surface area is 149 Å². The highest BCUT2D eigenvalue weighted by Gasteiger charge is 2.27. The van der Waals surface area contributed by atoms with Gasteiger partial charge in [-0.05, 0) is 41.5 Å². The summed E-state index contributed by atoms with van der Waals surface area (Å²) in [4.78, 5) is 10.4. The Balaban J connectivity index is 1.60. The van der Waals surface area contributed by atoms with Gasteiger partial charge in [0.15, 0.2) is 0 Å². The predicted octanol–water partition coefficient (Wildman–Crippen LogP) is 1.79. The molecular weight excluding hydrogens is 300 g/mol. The van der Waals surface area contributed by atoms with E-state index in [0.29, 0.717) is 5.54 Å². The van der Waals surface area contributed by atoms with Gasteiger partial charge >= 0.3 is 0 Å². The van der Waals surface area contributed by atoms with Crippen molar-refractivity contribution in [3.63, 3.8) is 0 Å². The Morgan fingerprint density at radius 1 is 0.667 bits per heavy atom. The summed E-state index contributed by atoms with van der Waals surface area (Å²) in [6.45, 7) is 26.0. The molecule has 24 heavy (non-hydrogen) atoms. The molecular formula is C19H40N4O. The molecule has 0 N–H and O–H groups in total. The van der Waals surface area contributed by atoms with E-state index in [0.717, 1.165) is 19.8 Å². The van der Waals surface area contributed by atoms with Crippen LogP contribution in [0.3, 0.4) is 0 Å².